The molecular formula is C13H15Cl2NO3S. The molecule has 0 radical (unpaired) electrons. The summed E-state index contributed by atoms with van der Waals surface area (Å²) in [5.41, 5.74) is 1.38. The van der Waals surface area contributed by atoms with E-state index in [0.717, 1.165) is 5.56 Å². The lowest BCUT2D eigenvalue weighted by Crippen LogP contribution is -2.42. The van der Waals surface area contributed by atoms with Gasteiger partial charge in [0, 0.05) is 10.7 Å². The monoisotopic (exact) mass is 335 g/mol. The van der Waals surface area contributed by atoms with Gasteiger partial charge in [-0.2, -0.15) is 0 Å². The molecule has 1 aliphatic heterocycles. The van der Waals surface area contributed by atoms with Gasteiger partial charge in [-0.05, 0) is 31.0 Å². The Morgan fingerprint density at radius 1 is 1.45 bits per heavy atom. The SMILES string of the molecule is Cc1c(Cl)cccc1N(C(=O)CCl)[C@@H]1CCS(=O)(=O)C1. The van der Waals surface area contributed by atoms with E-state index >= 15 is 0 Å². The Balaban J connectivity index is 2.44. The predicted octanol–water partition coefficient (Wildman–Crippen LogP) is 2.41. The summed E-state index contributed by atoms with van der Waals surface area (Å²) in [5.74, 6) is -0.424. The fraction of sp³-hybridized carbons (Fsp3) is 0.462. The maximum Gasteiger partial charge on any atom is 0.242 e. The van der Waals surface area contributed by atoms with E-state index in [4.69, 9.17) is 23.2 Å². The predicted molar refractivity (Wildman–Crippen MR) is 81.5 cm³/mol. The molecule has 0 spiro atoms. The van der Waals surface area contributed by atoms with Crippen LogP contribution in [0.5, 0.6) is 0 Å². The van der Waals surface area contributed by atoms with Gasteiger partial charge in [-0.3, -0.25) is 4.79 Å². The van der Waals surface area contributed by atoms with Crippen LogP contribution in [-0.4, -0.2) is 37.8 Å². The lowest BCUT2D eigenvalue weighted by Gasteiger charge is -2.29. The highest BCUT2D eigenvalue weighted by Gasteiger charge is 2.35. The number of amides is 1. The third kappa shape index (κ3) is 3.10. The van der Waals surface area contributed by atoms with Gasteiger partial charge >= 0.3 is 0 Å². The Hall–Kier alpha value is -0.780. The Morgan fingerprint density at radius 2 is 2.15 bits per heavy atom. The van der Waals surface area contributed by atoms with Crippen molar-refractivity contribution in [3.63, 3.8) is 0 Å². The van der Waals surface area contributed by atoms with Crippen LogP contribution in [0, 0.1) is 6.92 Å². The van der Waals surface area contributed by atoms with Crippen molar-refractivity contribution in [3.05, 3.63) is 28.8 Å². The van der Waals surface area contributed by atoms with Gasteiger partial charge in [0.1, 0.15) is 5.88 Å². The molecule has 0 bridgehead atoms. The highest BCUT2D eigenvalue weighted by Crippen LogP contribution is 2.31. The van der Waals surface area contributed by atoms with Crippen molar-refractivity contribution in [1.29, 1.82) is 0 Å². The smallest absolute Gasteiger partial charge is 0.242 e. The van der Waals surface area contributed by atoms with Crippen LogP contribution in [0.1, 0.15) is 12.0 Å². The zero-order chi connectivity index (χ0) is 14.9. The van der Waals surface area contributed by atoms with Crippen molar-refractivity contribution in [1.82, 2.24) is 0 Å². The third-order valence-corrected chi connectivity index (χ3v) is 5.84. The van der Waals surface area contributed by atoms with Gasteiger partial charge < -0.3 is 4.90 Å². The molecule has 1 heterocycles. The number of carbonyl (C=O) groups excluding carboxylic acids is 1. The first kappa shape index (κ1) is 15.6. The van der Waals surface area contributed by atoms with Crippen molar-refractivity contribution in [2.75, 3.05) is 22.3 Å². The maximum atomic E-state index is 12.1. The Bertz CT molecular complexity index is 631. The lowest BCUT2D eigenvalue weighted by atomic mass is 10.1. The Labute approximate surface area is 128 Å². The molecule has 4 nitrogen and oxygen atoms in total. The summed E-state index contributed by atoms with van der Waals surface area (Å²) in [7, 11) is -3.08. The maximum absolute atomic E-state index is 12.1. The number of carbonyl (C=O) groups is 1. The van der Waals surface area contributed by atoms with Gasteiger partial charge in [0.2, 0.25) is 5.91 Å². The highest BCUT2D eigenvalue weighted by molar-refractivity contribution is 7.91. The van der Waals surface area contributed by atoms with E-state index in [-0.39, 0.29) is 29.3 Å². The molecule has 0 saturated carbocycles. The number of rotatable bonds is 3. The van der Waals surface area contributed by atoms with Crippen LogP contribution >= 0.6 is 23.2 Å². The molecule has 1 atom stereocenters. The number of hydrogen-bond donors (Lipinski definition) is 0. The van der Waals surface area contributed by atoms with Crippen molar-refractivity contribution < 1.29 is 13.2 Å². The first-order chi connectivity index (χ1) is 9.35. The van der Waals surface area contributed by atoms with E-state index in [1.807, 2.05) is 0 Å². The molecule has 2 rings (SSSR count). The average Bonchev–Trinajstić information content (AvgIpc) is 2.74. The molecular weight excluding hydrogens is 321 g/mol. The lowest BCUT2D eigenvalue weighted by molar-refractivity contribution is -0.116. The molecule has 0 aromatic heterocycles. The summed E-state index contributed by atoms with van der Waals surface area (Å²) in [6.45, 7) is 1.80. The minimum atomic E-state index is -3.08. The van der Waals surface area contributed by atoms with Crippen LogP contribution in [0.4, 0.5) is 5.69 Å². The van der Waals surface area contributed by atoms with E-state index in [9.17, 15) is 13.2 Å². The fourth-order valence-electron chi connectivity index (χ4n) is 2.44. The molecule has 1 amide bonds. The van der Waals surface area contributed by atoms with Gasteiger partial charge in [-0.1, -0.05) is 17.7 Å². The van der Waals surface area contributed by atoms with Crippen LogP contribution in [-0.2, 0) is 14.6 Å². The van der Waals surface area contributed by atoms with E-state index in [2.05, 4.69) is 0 Å². The highest BCUT2D eigenvalue weighted by atomic mass is 35.5. The molecule has 20 heavy (non-hydrogen) atoms. The molecule has 0 N–H and O–H groups in total. The average molecular weight is 336 g/mol. The molecule has 1 saturated heterocycles. The summed E-state index contributed by atoms with van der Waals surface area (Å²) in [6, 6.07) is 4.86. The molecule has 0 unspecified atom stereocenters. The van der Waals surface area contributed by atoms with Crippen molar-refractivity contribution in [2.24, 2.45) is 0 Å². The first-order valence-electron chi connectivity index (χ1n) is 6.19. The molecule has 1 aliphatic rings. The molecule has 110 valence electrons. The number of hydrogen-bond acceptors (Lipinski definition) is 3. The second-order valence-electron chi connectivity index (χ2n) is 4.84. The molecule has 1 fully saturated rings. The van der Waals surface area contributed by atoms with E-state index in [0.29, 0.717) is 17.1 Å². The molecule has 1 aromatic rings. The third-order valence-electron chi connectivity index (χ3n) is 3.46. The minimum absolute atomic E-state index is 0.0262. The van der Waals surface area contributed by atoms with Crippen LogP contribution < -0.4 is 4.90 Å². The second kappa shape index (κ2) is 5.92. The quantitative estimate of drug-likeness (QED) is 0.797. The van der Waals surface area contributed by atoms with Gasteiger partial charge in [-0.15, -0.1) is 11.6 Å². The van der Waals surface area contributed by atoms with Gasteiger partial charge in [0.25, 0.3) is 0 Å². The van der Waals surface area contributed by atoms with E-state index in [1.165, 1.54) is 4.90 Å². The zero-order valence-electron chi connectivity index (χ0n) is 11.0. The second-order valence-corrected chi connectivity index (χ2v) is 7.74. The van der Waals surface area contributed by atoms with Crippen molar-refractivity contribution in [3.8, 4) is 0 Å². The summed E-state index contributed by atoms with van der Waals surface area (Å²) < 4.78 is 23.3. The van der Waals surface area contributed by atoms with Gasteiger partial charge in [0.05, 0.1) is 17.5 Å². The Morgan fingerprint density at radius 3 is 2.70 bits per heavy atom. The zero-order valence-corrected chi connectivity index (χ0v) is 13.3. The van der Waals surface area contributed by atoms with E-state index in [1.54, 1.807) is 25.1 Å². The van der Waals surface area contributed by atoms with Gasteiger partial charge in [0.15, 0.2) is 9.84 Å². The summed E-state index contributed by atoms with van der Waals surface area (Å²) in [5, 5.41) is 0.538. The van der Waals surface area contributed by atoms with E-state index < -0.39 is 9.84 Å². The number of anilines is 1. The number of nitrogens with zero attached hydrogens (tertiary/aromatic N) is 1. The van der Waals surface area contributed by atoms with Gasteiger partial charge in [-0.25, -0.2) is 8.42 Å². The topological polar surface area (TPSA) is 54.5 Å². The number of sulfone groups is 1. The number of alkyl halides is 1. The first-order valence-corrected chi connectivity index (χ1v) is 8.92. The Kier molecular flexibility index (Phi) is 4.62. The van der Waals surface area contributed by atoms with Crippen LogP contribution in [0.2, 0.25) is 5.02 Å². The summed E-state index contributed by atoms with van der Waals surface area (Å²) in [6.07, 6.45) is 0.427. The van der Waals surface area contributed by atoms with Crippen LogP contribution in [0.3, 0.4) is 0 Å². The standard InChI is InChI=1S/C13H15Cl2NO3S/c1-9-11(15)3-2-4-12(9)16(13(17)7-14)10-5-6-20(18,19)8-10/h2-4,10H,5-8H2,1H3/t10-/m1/s1. The van der Waals surface area contributed by atoms with Crippen LogP contribution in [0.15, 0.2) is 18.2 Å². The minimum Gasteiger partial charge on any atom is -0.307 e. The molecule has 7 heteroatoms. The van der Waals surface area contributed by atoms with Crippen molar-refractivity contribution >= 4 is 44.6 Å². The largest absolute Gasteiger partial charge is 0.307 e. The fourth-order valence-corrected chi connectivity index (χ4v) is 4.43. The number of halogens is 2. The molecule has 1 aromatic carbocycles. The van der Waals surface area contributed by atoms with Crippen LogP contribution in [0.25, 0.3) is 0 Å². The summed E-state index contributed by atoms with van der Waals surface area (Å²) in [4.78, 5) is 13.6. The normalized spacial score (nSPS) is 20.9. The molecule has 0 aliphatic carbocycles. The van der Waals surface area contributed by atoms with Crippen molar-refractivity contribution in [2.45, 2.75) is 19.4 Å². The summed E-state index contributed by atoms with van der Waals surface area (Å²) >= 11 is 11.7. The number of benzene rings is 1.